The Labute approximate surface area is 222 Å². The van der Waals surface area contributed by atoms with Crippen LogP contribution in [0.2, 0.25) is 0 Å². The van der Waals surface area contributed by atoms with Crippen molar-refractivity contribution in [1.29, 1.82) is 5.26 Å². The largest absolute Gasteiger partial charge is 0.497 e. The Bertz CT molecular complexity index is 1470. The highest BCUT2D eigenvalue weighted by Gasteiger charge is 2.22. The number of hydrogen-bond donors (Lipinski definition) is 1. The molecule has 3 aromatic carbocycles. The van der Waals surface area contributed by atoms with E-state index >= 15 is 0 Å². The molecular formula is C31H29N3O2S. The molecule has 186 valence electrons. The van der Waals surface area contributed by atoms with Crippen LogP contribution in [0.15, 0.2) is 77.8 Å². The molecule has 5 nitrogen and oxygen atoms in total. The number of carbonyl (C=O) groups is 1. The van der Waals surface area contributed by atoms with E-state index in [1.165, 1.54) is 17.3 Å². The van der Waals surface area contributed by atoms with E-state index in [0.29, 0.717) is 10.6 Å². The van der Waals surface area contributed by atoms with Crippen molar-refractivity contribution in [3.05, 3.63) is 95.1 Å². The number of nitrogens with one attached hydrogen (secondary N) is 1. The number of ether oxygens (including phenoxy) is 1. The Morgan fingerprint density at radius 1 is 0.946 bits per heavy atom. The zero-order chi connectivity index (χ0) is 26.5. The molecule has 4 aromatic rings. The molecule has 0 saturated carbocycles. The summed E-state index contributed by atoms with van der Waals surface area (Å²) in [6.07, 6.45) is 0. The van der Waals surface area contributed by atoms with Crippen LogP contribution < -0.4 is 10.1 Å². The van der Waals surface area contributed by atoms with E-state index in [1.807, 2.05) is 100 Å². The number of methoxy groups -OCH3 is 1. The van der Waals surface area contributed by atoms with Gasteiger partial charge in [-0.2, -0.15) is 5.26 Å². The van der Waals surface area contributed by atoms with Crippen molar-refractivity contribution >= 4 is 23.4 Å². The van der Waals surface area contributed by atoms with Gasteiger partial charge in [-0.3, -0.25) is 4.79 Å². The lowest BCUT2D eigenvalue weighted by molar-refractivity contribution is -0.115. The number of pyridine rings is 1. The van der Waals surface area contributed by atoms with Crippen molar-refractivity contribution in [2.24, 2.45) is 0 Å². The van der Waals surface area contributed by atoms with Crippen LogP contribution in [0.25, 0.3) is 22.4 Å². The van der Waals surface area contributed by atoms with Crippen molar-refractivity contribution in [2.45, 2.75) is 38.0 Å². The third-order valence-corrected chi connectivity index (χ3v) is 7.36. The molecule has 37 heavy (non-hydrogen) atoms. The molecule has 0 spiro atoms. The first-order valence-corrected chi connectivity index (χ1v) is 12.9. The summed E-state index contributed by atoms with van der Waals surface area (Å²) in [5.74, 6) is 0.590. The number of nitrogens with zero attached hydrogens (tertiary/aromatic N) is 2. The molecule has 0 aliphatic carbocycles. The van der Waals surface area contributed by atoms with Crippen LogP contribution in [0, 0.1) is 32.1 Å². The van der Waals surface area contributed by atoms with Crippen LogP contribution in [0.4, 0.5) is 5.69 Å². The molecule has 0 bridgehead atoms. The number of anilines is 1. The van der Waals surface area contributed by atoms with Crippen LogP contribution in [0.1, 0.15) is 29.2 Å². The standard InChI is InChI=1S/C31H29N3O2S/c1-19-6-9-24(10-7-19)29-17-27(23-11-14-26(36-5)15-12-23)28(18-32)31(34-29)37-22(4)30(35)33-25-13-8-20(2)21(3)16-25/h6-17,22H,1-5H3,(H,33,35). The molecule has 4 rings (SSSR count). The summed E-state index contributed by atoms with van der Waals surface area (Å²) in [5.41, 5.74) is 7.95. The molecule has 1 amide bonds. The Balaban J connectivity index is 1.73. The van der Waals surface area contributed by atoms with Crippen LogP contribution in [0.5, 0.6) is 5.75 Å². The summed E-state index contributed by atoms with van der Waals surface area (Å²) < 4.78 is 5.31. The lowest BCUT2D eigenvalue weighted by atomic mass is 9.99. The van der Waals surface area contributed by atoms with Gasteiger partial charge in [0.25, 0.3) is 0 Å². The number of benzene rings is 3. The number of aryl methyl sites for hydroxylation is 3. The second kappa shape index (κ2) is 11.3. The Kier molecular flexibility index (Phi) is 7.95. The zero-order valence-electron chi connectivity index (χ0n) is 21.6. The smallest absolute Gasteiger partial charge is 0.237 e. The van der Waals surface area contributed by atoms with Crippen molar-refractivity contribution in [3.63, 3.8) is 0 Å². The van der Waals surface area contributed by atoms with Crippen LogP contribution in [-0.4, -0.2) is 23.3 Å². The van der Waals surface area contributed by atoms with Gasteiger partial charge in [0.1, 0.15) is 16.8 Å². The summed E-state index contributed by atoms with van der Waals surface area (Å²) in [6, 6.07) is 25.8. The fourth-order valence-electron chi connectivity index (χ4n) is 3.87. The maximum Gasteiger partial charge on any atom is 0.237 e. The number of amides is 1. The van der Waals surface area contributed by atoms with E-state index in [4.69, 9.17) is 9.72 Å². The molecule has 1 aromatic heterocycles. The minimum absolute atomic E-state index is 0.148. The average molecular weight is 508 g/mol. The Hall–Kier alpha value is -4.08. The predicted octanol–water partition coefficient (Wildman–Crippen LogP) is 7.34. The minimum Gasteiger partial charge on any atom is -0.497 e. The average Bonchev–Trinajstić information content (AvgIpc) is 2.90. The molecule has 0 fully saturated rings. The van der Waals surface area contributed by atoms with E-state index in [1.54, 1.807) is 7.11 Å². The third-order valence-electron chi connectivity index (χ3n) is 6.28. The molecule has 0 radical (unpaired) electrons. The predicted molar refractivity (Wildman–Crippen MR) is 151 cm³/mol. The number of hydrogen-bond acceptors (Lipinski definition) is 5. The SMILES string of the molecule is COc1ccc(-c2cc(-c3ccc(C)cc3)nc(SC(C)C(=O)Nc3ccc(C)c(C)c3)c2C#N)cc1. The van der Waals surface area contributed by atoms with Gasteiger partial charge in [-0.05, 0) is 74.7 Å². The Morgan fingerprint density at radius 2 is 1.62 bits per heavy atom. The van der Waals surface area contributed by atoms with Gasteiger partial charge in [-0.25, -0.2) is 4.98 Å². The molecule has 1 unspecified atom stereocenters. The zero-order valence-corrected chi connectivity index (χ0v) is 22.4. The molecule has 0 saturated heterocycles. The number of rotatable bonds is 7. The molecular weight excluding hydrogens is 478 g/mol. The van der Waals surface area contributed by atoms with Crippen molar-refractivity contribution in [2.75, 3.05) is 12.4 Å². The third kappa shape index (κ3) is 6.02. The van der Waals surface area contributed by atoms with E-state index in [2.05, 4.69) is 11.4 Å². The quantitative estimate of drug-likeness (QED) is 0.265. The monoisotopic (exact) mass is 507 g/mol. The van der Waals surface area contributed by atoms with Crippen LogP contribution >= 0.6 is 11.8 Å². The fraction of sp³-hybridized carbons (Fsp3) is 0.194. The van der Waals surface area contributed by atoms with Crippen molar-refractivity contribution in [1.82, 2.24) is 4.98 Å². The minimum atomic E-state index is -0.474. The Morgan fingerprint density at radius 3 is 2.24 bits per heavy atom. The second-order valence-electron chi connectivity index (χ2n) is 8.99. The number of carbonyl (C=O) groups excluding carboxylic acids is 1. The summed E-state index contributed by atoms with van der Waals surface area (Å²) in [7, 11) is 1.62. The highest BCUT2D eigenvalue weighted by Crippen LogP contribution is 2.36. The molecule has 1 N–H and O–H groups in total. The lowest BCUT2D eigenvalue weighted by Gasteiger charge is -2.16. The van der Waals surface area contributed by atoms with E-state index in [0.717, 1.165) is 44.9 Å². The number of aromatic nitrogens is 1. The number of nitriles is 1. The lowest BCUT2D eigenvalue weighted by Crippen LogP contribution is -2.22. The van der Waals surface area contributed by atoms with Gasteiger partial charge in [0.15, 0.2) is 0 Å². The topological polar surface area (TPSA) is 75.0 Å². The van der Waals surface area contributed by atoms with Gasteiger partial charge >= 0.3 is 0 Å². The second-order valence-corrected chi connectivity index (χ2v) is 10.3. The highest BCUT2D eigenvalue weighted by molar-refractivity contribution is 8.00. The van der Waals surface area contributed by atoms with Crippen LogP contribution in [-0.2, 0) is 4.79 Å². The van der Waals surface area contributed by atoms with E-state index < -0.39 is 5.25 Å². The van der Waals surface area contributed by atoms with E-state index in [9.17, 15) is 10.1 Å². The first kappa shape index (κ1) is 26.0. The van der Waals surface area contributed by atoms with Gasteiger partial charge in [0.05, 0.1) is 23.6 Å². The fourth-order valence-corrected chi connectivity index (χ4v) is 4.79. The van der Waals surface area contributed by atoms with Gasteiger partial charge < -0.3 is 10.1 Å². The van der Waals surface area contributed by atoms with Gasteiger partial charge in [0.2, 0.25) is 5.91 Å². The van der Waals surface area contributed by atoms with Crippen LogP contribution in [0.3, 0.4) is 0 Å². The molecule has 0 aliphatic heterocycles. The highest BCUT2D eigenvalue weighted by atomic mass is 32.2. The molecule has 6 heteroatoms. The molecule has 0 aliphatic rings. The first-order chi connectivity index (χ1) is 17.8. The summed E-state index contributed by atoms with van der Waals surface area (Å²) >= 11 is 1.29. The van der Waals surface area contributed by atoms with Crippen molar-refractivity contribution in [3.8, 4) is 34.2 Å². The number of thioether (sulfide) groups is 1. The maximum absolute atomic E-state index is 13.1. The summed E-state index contributed by atoms with van der Waals surface area (Å²) in [5, 5.41) is 13.2. The molecule has 1 heterocycles. The summed E-state index contributed by atoms with van der Waals surface area (Å²) in [6.45, 7) is 7.92. The van der Waals surface area contributed by atoms with Gasteiger partial charge in [0, 0.05) is 16.8 Å². The normalized spacial score (nSPS) is 11.5. The van der Waals surface area contributed by atoms with E-state index in [-0.39, 0.29) is 5.91 Å². The first-order valence-electron chi connectivity index (χ1n) is 12.0. The summed E-state index contributed by atoms with van der Waals surface area (Å²) in [4.78, 5) is 17.9. The van der Waals surface area contributed by atoms with Gasteiger partial charge in [-0.1, -0.05) is 59.8 Å². The van der Waals surface area contributed by atoms with Gasteiger partial charge in [-0.15, -0.1) is 0 Å². The molecule has 1 atom stereocenters. The maximum atomic E-state index is 13.1. The van der Waals surface area contributed by atoms with Crippen molar-refractivity contribution < 1.29 is 9.53 Å².